The van der Waals surface area contributed by atoms with Crippen LogP contribution >= 0.6 is 35.6 Å². The van der Waals surface area contributed by atoms with E-state index in [2.05, 4.69) is 23.3 Å². The lowest BCUT2D eigenvalue weighted by molar-refractivity contribution is 0.212. The summed E-state index contributed by atoms with van der Waals surface area (Å²) in [5.41, 5.74) is 7.21. The lowest BCUT2D eigenvalue weighted by atomic mass is 9.95. The Morgan fingerprint density at radius 2 is 1.95 bits per heavy atom. The van der Waals surface area contributed by atoms with Gasteiger partial charge in [-0.1, -0.05) is 36.0 Å². The van der Waals surface area contributed by atoms with Crippen molar-refractivity contribution in [3.8, 4) is 0 Å². The molecule has 0 aliphatic carbocycles. The number of piperidine rings is 1. The minimum absolute atomic E-state index is 0.00578. The molecule has 0 unspecified atom stereocenters. The standard InChI is InChI=1S/C14H19ClN2S2/c1-19-14(13(16)18)6-8-17(9-7-14)10-11-2-4-12(15)5-3-11/h2-5H,6-10H2,1H3,(H2,16,18). The molecule has 19 heavy (non-hydrogen) atoms. The first-order chi connectivity index (χ1) is 9.05. The maximum absolute atomic E-state index is 5.90. The second-order valence-electron chi connectivity index (χ2n) is 4.97. The minimum Gasteiger partial charge on any atom is -0.392 e. The van der Waals surface area contributed by atoms with Crippen molar-refractivity contribution in [1.29, 1.82) is 0 Å². The van der Waals surface area contributed by atoms with E-state index in [0.717, 1.165) is 37.5 Å². The first-order valence-corrected chi connectivity index (χ1v) is 8.39. The molecule has 1 aromatic carbocycles. The first kappa shape index (κ1) is 15.1. The highest BCUT2D eigenvalue weighted by molar-refractivity contribution is 8.02. The predicted molar refractivity (Wildman–Crippen MR) is 89.0 cm³/mol. The van der Waals surface area contributed by atoms with Crippen molar-refractivity contribution in [2.75, 3.05) is 19.3 Å². The van der Waals surface area contributed by atoms with Crippen molar-refractivity contribution in [3.63, 3.8) is 0 Å². The molecule has 2 rings (SSSR count). The van der Waals surface area contributed by atoms with Crippen molar-refractivity contribution in [3.05, 3.63) is 34.9 Å². The summed E-state index contributed by atoms with van der Waals surface area (Å²) in [6.07, 6.45) is 4.18. The van der Waals surface area contributed by atoms with Gasteiger partial charge in [-0.05, 0) is 36.8 Å². The van der Waals surface area contributed by atoms with Crippen LogP contribution in [0.15, 0.2) is 24.3 Å². The maximum Gasteiger partial charge on any atom is 0.0891 e. The van der Waals surface area contributed by atoms with E-state index in [1.54, 1.807) is 11.8 Å². The normalized spacial score (nSPS) is 19.3. The van der Waals surface area contributed by atoms with Gasteiger partial charge in [0.1, 0.15) is 0 Å². The van der Waals surface area contributed by atoms with Crippen LogP contribution in [0.5, 0.6) is 0 Å². The van der Waals surface area contributed by atoms with E-state index in [0.29, 0.717) is 4.99 Å². The molecule has 0 aromatic heterocycles. The van der Waals surface area contributed by atoms with Gasteiger partial charge < -0.3 is 5.73 Å². The van der Waals surface area contributed by atoms with Crippen LogP contribution < -0.4 is 5.73 Å². The van der Waals surface area contributed by atoms with Crippen LogP contribution in [0.25, 0.3) is 0 Å². The number of hydrogen-bond acceptors (Lipinski definition) is 3. The Morgan fingerprint density at radius 1 is 1.37 bits per heavy atom. The summed E-state index contributed by atoms with van der Waals surface area (Å²) in [7, 11) is 0. The highest BCUT2D eigenvalue weighted by atomic mass is 35.5. The van der Waals surface area contributed by atoms with Gasteiger partial charge in [0.25, 0.3) is 0 Å². The van der Waals surface area contributed by atoms with Crippen LogP contribution in [0.3, 0.4) is 0 Å². The van der Waals surface area contributed by atoms with Gasteiger partial charge in [-0.2, -0.15) is 11.8 Å². The van der Waals surface area contributed by atoms with Gasteiger partial charge in [0.05, 0.1) is 9.74 Å². The van der Waals surface area contributed by atoms with E-state index in [4.69, 9.17) is 29.6 Å². The van der Waals surface area contributed by atoms with Crippen LogP contribution in [-0.4, -0.2) is 34.0 Å². The molecule has 0 saturated carbocycles. The van der Waals surface area contributed by atoms with Crippen molar-refractivity contribution >= 4 is 40.6 Å². The molecule has 1 heterocycles. The molecule has 0 spiro atoms. The van der Waals surface area contributed by atoms with E-state index in [1.165, 1.54) is 5.56 Å². The summed E-state index contributed by atoms with van der Waals surface area (Å²) in [5, 5.41) is 0.789. The highest BCUT2D eigenvalue weighted by Gasteiger charge is 2.36. The van der Waals surface area contributed by atoms with Gasteiger partial charge in [0, 0.05) is 24.7 Å². The summed E-state index contributed by atoms with van der Waals surface area (Å²) in [4.78, 5) is 3.11. The van der Waals surface area contributed by atoms with E-state index in [1.807, 2.05) is 12.1 Å². The molecule has 1 aliphatic rings. The SMILES string of the molecule is CSC1(C(N)=S)CCN(Cc2ccc(Cl)cc2)CC1. The Labute approximate surface area is 129 Å². The number of rotatable bonds is 4. The van der Waals surface area contributed by atoms with Gasteiger partial charge in [0.15, 0.2) is 0 Å². The van der Waals surface area contributed by atoms with E-state index in [9.17, 15) is 0 Å². The van der Waals surface area contributed by atoms with Gasteiger partial charge in [-0.15, -0.1) is 0 Å². The number of nitrogens with two attached hydrogens (primary N) is 1. The molecule has 0 atom stereocenters. The van der Waals surface area contributed by atoms with E-state index >= 15 is 0 Å². The van der Waals surface area contributed by atoms with Crippen molar-refractivity contribution < 1.29 is 0 Å². The van der Waals surface area contributed by atoms with Crippen LogP contribution in [0, 0.1) is 0 Å². The zero-order chi connectivity index (χ0) is 13.9. The monoisotopic (exact) mass is 314 g/mol. The average molecular weight is 315 g/mol. The Kier molecular flexibility index (Phi) is 5.12. The third-order valence-electron chi connectivity index (χ3n) is 3.82. The van der Waals surface area contributed by atoms with Crippen LogP contribution in [0.2, 0.25) is 5.02 Å². The minimum atomic E-state index is 0.00578. The largest absolute Gasteiger partial charge is 0.392 e. The molecular weight excluding hydrogens is 296 g/mol. The first-order valence-electron chi connectivity index (χ1n) is 6.37. The fourth-order valence-electron chi connectivity index (χ4n) is 2.47. The Balaban J connectivity index is 1.93. The van der Waals surface area contributed by atoms with Gasteiger partial charge in [-0.3, -0.25) is 4.90 Å². The number of thioether (sulfide) groups is 1. The molecule has 0 amide bonds. The molecule has 2 nitrogen and oxygen atoms in total. The Bertz CT molecular complexity index is 439. The zero-order valence-corrected chi connectivity index (χ0v) is 13.5. The predicted octanol–water partition coefficient (Wildman–Crippen LogP) is 3.32. The fraction of sp³-hybridized carbons (Fsp3) is 0.500. The number of thiocarbonyl (C=S) groups is 1. The summed E-state index contributed by atoms with van der Waals surface area (Å²) in [5.74, 6) is 0. The number of likely N-dealkylation sites (tertiary alicyclic amines) is 1. The quantitative estimate of drug-likeness (QED) is 0.863. The average Bonchev–Trinajstić information content (AvgIpc) is 2.42. The smallest absolute Gasteiger partial charge is 0.0891 e. The molecular formula is C14H19ClN2S2. The number of halogens is 1. The fourth-order valence-corrected chi connectivity index (χ4v) is 3.84. The summed E-state index contributed by atoms with van der Waals surface area (Å²) < 4.78 is 0.00578. The molecule has 1 aliphatic heterocycles. The van der Waals surface area contributed by atoms with Crippen molar-refractivity contribution in [2.45, 2.75) is 24.1 Å². The van der Waals surface area contributed by atoms with Gasteiger partial charge >= 0.3 is 0 Å². The lowest BCUT2D eigenvalue weighted by Crippen LogP contribution is -2.48. The topological polar surface area (TPSA) is 29.3 Å². The number of benzene rings is 1. The Hall–Kier alpha value is -0.290. The lowest BCUT2D eigenvalue weighted by Gasteiger charge is -2.40. The molecule has 2 N–H and O–H groups in total. The van der Waals surface area contributed by atoms with Crippen LogP contribution in [0.1, 0.15) is 18.4 Å². The maximum atomic E-state index is 5.90. The summed E-state index contributed by atoms with van der Waals surface area (Å²) >= 11 is 12.9. The van der Waals surface area contributed by atoms with Crippen molar-refractivity contribution in [1.82, 2.24) is 4.90 Å². The third-order valence-corrected chi connectivity index (χ3v) is 6.00. The highest BCUT2D eigenvalue weighted by Crippen LogP contribution is 2.35. The van der Waals surface area contributed by atoms with Crippen LogP contribution in [-0.2, 0) is 6.54 Å². The third kappa shape index (κ3) is 3.63. The van der Waals surface area contributed by atoms with E-state index < -0.39 is 0 Å². The second-order valence-corrected chi connectivity index (χ2v) is 7.03. The molecule has 1 fully saturated rings. The van der Waals surface area contributed by atoms with Crippen LogP contribution in [0.4, 0.5) is 0 Å². The molecule has 5 heteroatoms. The van der Waals surface area contributed by atoms with Gasteiger partial charge in [0.2, 0.25) is 0 Å². The number of nitrogens with zero attached hydrogens (tertiary/aromatic N) is 1. The molecule has 0 radical (unpaired) electrons. The van der Waals surface area contributed by atoms with Crippen molar-refractivity contribution in [2.24, 2.45) is 5.73 Å². The summed E-state index contributed by atoms with van der Waals surface area (Å²) in [6.45, 7) is 3.06. The molecule has 0 bridgehead atoms. The Morgan fingerprint density at radius 3 is 2.42 bits per heavy atom. The molecule has 1 aromatic rings. The second kappa shape index (κ2) is 6.44. The molecule has 104 valence electrons. The molecule has 1 saturated heterocycles. The van der Waals surface area contributed by atoms with E-state index in [-0.39, 0.29) is 4.75 Å². The summed E-state index contributed by atoms with van der Waals surface area (Å²) in [6, 6.07) is 8.07. The number of hydrogen-bond donors (Lipinski definition) is 1. The van der Waals surface area contributed by atoms with Gasteiger partial charge in [-0.25, -0.2) is 0 Å². The zero-order valence-electron chi connectivity index (χ0n) is 11.1.